The molecule has 20 heavy (non-hydrogen) atoms. The van der Waals surface area contributed by atoms with E-state index >= 15 is 0 Å². The van der Waals surface area contributed by atoms with Crippen LogP contribution < -0.4 is 10.1 Å². The minimum atomic E-state index is 0.199. The third kappa shape index (κ3) is 4.52. The van der Waals surface area contributed by atoms with Crippen molar-refractivity contribution in [2.75, 3.05) is 13.2 Å². The van der Waals surface area contributed by atoms with Crippen LogP contribution in [0.2, 0.25) is 0 Å². The van der Waals surface area contributed by atoms with Gasteiger partial charge in [-0.15, -0.1) is 0 Å². The van der Waals surface area contributed by atoms with Crippen LogP contribution in [0.15, 0.2) is 18.2 Å². The SMILES string of the molecule is Cc1cc(C(C)(C)C)ccc1OCC(C)CNC1CC1. The topological polar surface area (TPSA) is 21.3 Å². The summed E-state index contributed by atoms with van der Waals surface area (Å²) in [7, 11) is 0. The van der Waals surface area contributed by atoms with Crippen LogP contribution in [0.4, 0.5) is 0 Å². The highest BCUT2D eigenvalue weighted by atomic mass is 16.5. The maximum atomic E-state index is 5.98. The third-order valence-corrected chi connectivity index (χ3v) is 3.90. The molecule has 1 fully saturated rings. The van der Waals surface area contributed by atoms with Crippen molar-refractivity contribution in [3.8, 4) is 5.75 Å². The Kier molecular flexibility index (Phi) is 4.74. The Morgan fingerprint density at radius 3 is 2.55 bits per heavy atom. The molecule has 0 saturated heterocycles. The first-order chi connectivity index (χ1) is 9.36. The number of hydrogen-bond acceptors (Lipinski definition) is 2. The molecule has 1 aromatic carbocycles. The van der Waals surface area contributed by atoms with E-state index in [0.717, 1.165) is 24.9 Å². The Labute approximate surface area is 123 Å². The van der Waals surface area contributed by atoms with Gasteiger partial charge in [0.1, 0.15) is 5.75 Å². The summed E-state index contributed by atoms with van der Waals surface area (Å²) in [6.45, 7) is 13.0. The summed E-state index contributed by atoms with van der Waals surface area (Å²) >= 11 is 0. The summed E-state index contributed by atoms with van der Waals surface area (Å²) in [6.07, 6.45) is 2.70. The first kappa shape index (κ1) is 15.4. The normalized spacial score (nSPS) is 17.1. The molecule has 1 aromatic rings. The van der Waals surface area contributed by atoms with Crippen LogP contribution in [0.5, 0.6) is 5.75 Å². The van der Waals surface area contributed by atoms with Gasteiger partial charge in [-0.1, -0.05) is 39.8 Å². The lowest BCUT2D eigenvalue weighted by molar-refractivity contribution is 0.254. The van der Waals surface area contributed by atoms with E-state index in [1.807, 2.05) is 0 Å². The molecule has 1 N–H and O–H groups in total. The molecule has 2 rings (SSSR count). The van der Waals surface area contributed by atoms with Crippen LogP contribution in [0.25, 0.3) is 0 Å². The zero-order valence-electron chi connectivity index (χ0n) is 13.6. The average molecular weight is 275 g/mol. The lowest BCUT2D eigenvalue weighted by Gasteiger charge is -2.21. The summed E-state index contributed by atoms with van der Waals surface area (Å²) in [5.41, 5.74) is 2.80. The molecule has 1 unspecified atom stereocenters. The largest absolute Gasteiger partial charge is 0.493 e. The molecule has 0 amide bonds. The van der Waals surface area contributed by atoms with Crippen molar-refractivity contribution >= 4 is 0 Å². The van der Waals surface area contributed by atoms with E-state index in [0.29, 0.717) is 5.92 Å². The van der Waals surface area contributed by atoms with Crippen molar-refractivity contribution in [2.45, 2.75) is 58.9 Å². The number of aryl methyl sites for hydroxylation is 1. The van der Waals surface area contributed by atoms with Crippen molar-refractivity contribution in [2.24, 2.45) is 5.92 Å². The number of rotatable bonds is 6. The van der Waals surface area contributed by atoms with Gasteiger partial charge in [0.15, 0.2) is 0 Å². The fourth-order valence-corrected chi connectivity index (χ4v) is 2.22. The first-order valence-electron chi connectivity index (χ1n) is 7.83. The molecule has 2 heteroatoms. The molecule has 112 valence electrons. The first-order valence-corrected chi connectivity index (χ1v) is 7.83. The van der Waals surface area contributed by atoms with E-state index in [2.05, 4.69) is 58.1 Å². The van der Waals surface area contributed by atoms with Crippen molar-refractivity contribution in [3.05, 3.63) is 29.3 Å². The quantitative estimate of drug-likeness (QED) is 0.845. The minimum Gasteiger partial charge on any atom is -0.493 e. The summed E-state index contributed by atoms with van der Waals surface area (Å²) in [5.74, 6) is 1.58. The summed E-state index contributed by atoms with van der Waals surface area (Å²) in [5, 5.41) is 3.56. The Morgan fingerprint density at radius 1 is 1.30 bits per heavy atom. The van der Waals surface area contributed by atoms with Gasteiger partial charge in [0, 0.05) is 18.5 Å². The van der Waals surface area contributed by atoms with Gasteiger partial charge in [-0.05, 0) is 42.4 Å². The second-order valence-corrected chi connectivity index (χ2v) is 7.33. The van der Waals surface area contributed by atoms with Crippen molar-refractivity contribution in [3.63, 3.8) is 0 Å². The zero-order chi connectivity index (χ0) is 14.8. The fourth-order valence-electron chi connectivity index (χ4n) is 2.22. The second kappa shape index (κ2) is 6.17. The van der Waals surface area contributed by atoms with E-state index < -0.39 is 0 Å². The predicted octanol–water partition coefficient (Wildman–Crippen LogP) is 4.06. The highest BCUT2D eigenvalue weighted by Gasteiger charge is 2.21. The Hall–Kier alpha value is -1.02. The molecule has 1 aliphatic rings. The van der Waals surface area contributed by atoms with E-state index in [-0.39, 0.29) is 5.41 Å². The molecule has 2 nitrogen and oxygen atoms in total. The highest BCUT2D eigenvalue weighted by Crippen LogP contribution is 2.27. The smallest absolute Gasteiger partial charge is 0.122 e. The van der Waals surface area contributed by atoms with Gasteiger partial charge in [0.25, 0.3) is 0 Å². The van der Waals surface area contributed by atoms with E-state index in [4.69, 9.17) is 4.74 Å². The van der Waals surface area contributed by atoms with Crippen LogP contribution in [0.1, 0.15) is 51.7 Å². The molecule has 0 heterocycles. The molecule has 0 aromatic heterocycles. The third-order valence-electron chi connectivity index (χ3n) is 3.90. The molecule has 1 atom stereocenters. The van der Waals surface area contributed by atoms with Gasteiger partial charge < -0.3 is 10.1 Å². The molecular formula is C18H29NO. The monoisotopic (exact) mass is 275 g/mol. The number of ether oxygens (including phenoxy) is 1. The van der Waals surface area contributed by atoms with Crippen molar-refractivity contribution < 1.29 is 4.74 Å². The van der Waals surface area contributed by atoms with E-state index in [1.165, 1.54) is 24.0 Å². The van der Waals surface area contributed by atoms with Crippen molar-refractivity contribution in [1.29, 1.82) is 0 Å². The lowest BCUT2D eigenvalue weighted by atomic mass is 9.86. The molecule has 0 aliphatic heterocycles. The second-order valence-electron chi connectivity index (χ2n) is 7.33. The number of benzene rings is 1. The summed E-state index contributed by atoms with van der Waals surface area (Å²) in [4.78, 5) is 0. The van der Waals surface area contributed by atoms with Gasteiger partial charge >= 0.3 is 0 Å². The maximum Gasteiger partial charge on any atom is 0.122 e. The zero-order valence-corrected chi connectivity index (χ0v) is 13.6. The van der Waals surface area contributed by atoms with Crippen LogP contribution in [-0.2, 0) is 5.41 Å². The molecule has 0 spiro atoms. The van der Waals surface area contributed by atoms with Crippen LogP contribution >= 0.6 is 0 Å². The summed E-state index contributed by atoms with van der Waals surface area (Å²) in [6, 6.07) is 7.35. The molecular weight excluding hydrogens is 246 g/mol. The molecule has 0 radical (unpaired) electrons. The van der Waals surface area contributed by atoms with Gasteiger partial charge in [-0.2, -0.15) is 0 Å². The summed E-state index contributed by atoms with van der Waals surface area (Å²) < 4.78 is 5.98. The van der Waals surface area contributed by atoms with E-state index in [1.54, 1.807) is 0 Å². The molecule has 1 saturated carbocycles. The Balaban J connectivity index is 1.85. The van der Waals surface area contributed by atoms with Gasteiger partial charge in [0.2, 0.25) is 0 Å². The van der Waals surface area contributed by atoms with Crippen LogP contribution in [0.3, 0.4) is 0 Å². The number of hydrogen-bond donors (Lipinski definition) is 1. The minimum absolute atomic E-state index is 0.199. The highest BCUT2D eigenvalue weighted by molar-refractivity contribution is 5.38. The van der Waals surface area contributed by atoms with Crippen molar-refractivity contribution in [1.82, 2.24) is 5.32 Å². The molecule has 0 bridgehead atoms. The molecule has 1 aliphatic carbocycles. The Morgan fingerprint density at radius 2 is 2.00 bits per heavy atom. The van der Waals surface area contributed by atoms with Crippen LogP contribution in [0, 0.1) is 12.8 Å². The maximum absolute atomic E-state index is 5.98. The van der Waals surface area contributed by atoms with Gasteiger partial charge in [-0.25, -0.2) is 0 Å². The Bertz CT molecular complexity index is 443. The number of nitrogens with one attached hydrogen (secondary N) is 1. The van der Waals surface area contributed by atoms with Gasteiger partial charge in [-0.3, -0.25) is 0 Å². The fraction of sp³-hybridized carbons (Fsp3) is 0.667. The van der Waals surface area contributed by atoms with Gasteiger partial charge in [0.05, 0.1) is 6.61 Å². The van der Waals surface area contributed by atoms with Crippen LogP contribution in [-0.4, -0.2) is 19.2 Å². The predicted molar refractivity (Wildman–Crippen MR) is 85.6 cm³/mol. The standard InChI is InChI=1S/C18H29NO/c1-13(11-19-16-7-8-16)12-20-17-9-6-15(10-14(17)2)18(3,4)5/h6,9-10,13,16,19H,7-8,11-12H2,1-5H3. The van der Waals surface area contributed by atoms with E-state index in [9.17, 15) is 0 Å². The lowest BCUT2D eigenvalue weighted by Crippen LogP contribution is -2.26. The average Bonchev–Trinajstić information content (AvgIpc) is 3.17.